The molecule has 0 aliphatic heterocycles. The van der Waals surface area contributed by atoms with E-state index in [0.29, 0.717) is 16.7 Å². The second-order valence-corrected chi connectivity index (χ2v) is 12.1. The topological polar surface area (TPSA) is 20.2 Å². The van der Waals surface area contributed by atoms with Gasteiger partial charge in [-0.2, -0.15) is 0 Å². The second kappa shape index (κ2) is 7.75. The molecule has 1 nitrogen and oxygen atoms in total. The molecule has 0 aromatic rings. The monoisotopic (exact) mass is 386 g/mol. The SMILES string of the molecule is CC(C)CCCC(C)[C@H]1CC[C@H]2[C@@H]3[C@H](O)CC4=CCCC[C@]4(C)[C@H]3CC[C@]12C. The van der Waals surface area contributed by atoms with Gasteiger partial charge in [-0.1, -0.05) is 65.5 Å². The molecule has 0 aromatic heterocycles. The molecule has 0 bridgehead atoms. The van der Waals surface area contributed by atoms with Crippen LogP contribution < -0.4 is 0 Å². The van der Waals surface area contributed by atoms with Crippen molar-refractivity contribution in [3.63, 3.8) is 0 Å². The Balaban J connectivity index is 1.52. The van der Waals surface area contributed by atoms with Gasteiger partial charge in [0.2, 0.25) is 0 Å². The summed E-state index contributed by atoms with van der Waals surface area (Å²) in [5.74, 6) is 4.63. The molecule has 0 radical (unpaired) electrons. The van der Waals surface area contributed by atoms with Crippen LogP contribution in [0.5, 0.6) is 0 Å². The number of allylic oxidation sites excluding steroid dienone is 1. The Morgan fingerprint density at radius 2 is 1.82 bits per heavy atom. The van der Waals surface area contributed by atoms with Crippen LogP contribution in [0.3, 0.4) is 0 Å². The first kappa shape index (κ1) is 21.0. The highest BCUT2D eigenvalue weighted by Gasteiger charge is 2.61. The van der Waals surface area contributed by atoms with Gasteiger partial charge in [0.15, 0.2) is 0 Å². The van der Waals surface area contributed by atoms with Crippen molar-refractivity contribution in [1.82, 2.24) is 0 Å². The van der Waals surface area contributed by atoms with E-state index in [4.69, 9.17) is 0 Å². The predicted molar refractivity (Wildman–Crippen MR) is 119 cm³/mol. The molecule has 3 fully saturated rings. The molecule has 1 N–H and O–H groups in total. The lowest BCUT2D eigenvalue weighted by Crippen LogP contribution is -2.55. The maximum absolute atomic E-state index is 11.3. The molecule has 1 unspecified atom stereocenters. The maximum atomic E-state index is 11.3. The molecular formula is C27H46O. The minimum absolute atomic E-state index is 0.0814. The molecule has 28 heavy (non-hydrogen) atoms. The molecule has 0 heterocycles. The summed E-state index contributed by atoms with van der Waals surface area (Å²) in [4.78, 5) is 0. The van der Waals surface area contributed by atoms with Gasteiger partial charge < -0.3 is 5.11 Å². The largest absolute Gasteiger partial charge is 0.392 e. The van der Waals surface area contributed by atoms with E-state index < -0.39 is 0 Å². The van der Waals surface area contributed by atoms with E-state index in [9.17, 15) is 5.11 Å². The summed E-state index contributed by atoms with van der Waals surface area (Å²) in [6.45, 7) is 12.5. The van der Waals surface area contributed by atoms with E-state index in [1.807, 2.05) is 0 Å². The van der Waals surface area contributed by atoms with Crippen LogP contribution in [-0.4, -0.2) is 11.2 Å². The first-order chi connectivity index (χ1) is 13.3. The first-order valence-corrected chi connectivity index (χ1v) is 12.6. The van der Waals surface area contributed by atoms with Gasteiger partial charge in [-0.3, -0.25) is 0 Å². The maximum Gasteiger partial charge on any atom is 0.0611 e. The highest BCUT2D eigenvalue weighted by atomic mass is 16.3. The van der Waals surface area contributed by atoms with Crippen molar-refractivity contribution in [2.45, 2.75) is 111 Å². The Bertz CT molecular complexity index is 591. The number of rotatable bonds is 5. The van der Waals surface area contributed by atoms with Crippen LogP contribution in [0.2, 0.25) is 0 Å². The summed E-state index contributed by atoms with van der Waals surface area (Å²) in [5, 5.41) is 11.3. The van der Waals surface area contributed by atoms with Crippen molar-refractivity contribution in [3.8, 4) is 0 Å². The highest BCUT2D eigenvalue weighted by Crippen LogP contribution is 2.67. The van der Waals surface area contributed by atoms with E-state index in [2.05, 4.69) is 40.7 Å². The Morgan fingerprint density at radius 1 is 1.04 bits per heavy atom. The van der Waals surface area contributed by atoms with Gasteiger partial charge in [0.1, 0.15) is 0 Å². The fourth-order valence-corrected chi connectivity index (χ4v) is 8.74. The Hall–Kier alpha value is -0.300. The van der Waals surface area contributed by atoms with Gasteiger partial charge >= 0.3 is 0 Å². The van der Waals surface area contributed by atoms with Crippen molar-refractivity contribution in [2.75, 3.05) is 0 Å². The second-order valence-electron chi connectivity index (χ2n) is 12.1. The zero-order valence-electron chi connectivity index (χ0n) is 19.3. The Morgan fingerprint density at radius 3 is 2.57 bits per heavy atom. The summed E-state index contributed by atoms with van der Waals surface area (Å²) < 4.78 is 0. The molecule has 1 heteroatoms. The van der Waals surface area contributed by atoms with Gasteiger partial charge in [-0.25, -0.2) is 0 Å². The average molecular weight is 387 g/mol. The molecule has 0 aromatic carbocycles. The van der Waals surface area contributed by atoms with E-state index >= 15 is 0 Å². The van der Waals surface area contributed by atoms with Crippen molar-refractivity contribution in [3.05, 3.63) is 11.6 Å². The standard InChI is InChI=1S/C27H46O/c1-18(2)9-8-10-19(3)21-12-13-22-25-23(14-16-27(21,22)5)26(4)15-7-6-11-20(26)17-24(25)28/h11,18-19,21-25,28H,6-10,12-17H2,1-5H3/t19?,21-,22+,23+,24-,25+,26+,27-/m1/s1. The van der Waals surface area contributed by atoms with Gasteiger partial charge in [0.05, 0.1) is 6.10 Å². The minimum atomic E-state index is -0.0814. The lowest BCUT2D eigenvalue weighted by atomic mass is 9.46. The van der Waals surface area contributed by atoms with Crippen LogP contribution in [0, 0.1) is 46.3 Å². The Kier molecular flexibility index (Phi) is 5.80. The third kappa shape index (κ3) is 3.32. The molecule has 160 valence electrons. The number of hydrogen-bond donors (Lipinski definition) is 1. The minimum Gasteiger partial charge on any atom is -0.392 e. The summed E-state index contributed by atoms with van der Waals surface area (Å²) >= 11 is 0. The van der Waals surface area contributed by atoms with Crippen LogP contribution in [0.15, 0.2) is 11.6 Å². The van der Waals surface area contributed by atoms with Crippen molar-refractivity contribution in [1.29, 1.82) is 0 Å². The van der Waals surface area contributed by atoms with Crippen molar-refractivity contribution >= 4 is 0 Å². The number of fused-ring (bicyclic) bond motifs is 5. The van der Waals surface area contributed by atoms with Gasteiger partial charge in [-0.15, -0.1) is 0 Å². The van der Waals surface area contributed by atoms with Gasteiger partial charge in [0.25, 0.3) is 0 Å². The van der Waals surface area contributed by atoms with Crippen molar-refractivity contribution < 1.29 is 5.11 Å². The highest BCUT2D eigenvalue weighted by molar-refractivity contribution is 5.25. The normalized spacial score (nSPS) is 46.5. The van der Waals surface area contributed by atoms with E-state index in [1.54, 1.807) is 5.57 Å². The summed E-state index contributed by atoms with van der Waals surface area (Å²) in [7, 11) is 0. The fraction of sp³-hybridized carbons (Fsp3) is 0.926. The molecule has 4 rings (SSSR count). The van der Waals surface area contributed by atoms with E-state index in [1.165, 1.54) is 64.2 Å². The first-order valence-electron chi connectivity index (χ1n) is 12.6. The smallest absolute Gasteiger partial charge is 0.0611 e. The van der Waals surface area contributed by atoms with E-state index in [-0.39, 0.29) is 6.10 Å². The van der Waals surface area contributed by atoms with Crippen LogP contribution in [-0.2, 0) is 0 Å². The van der Waals surface area contributed by atoms with Crippen LogP contribution in [0.1, 0.15) is 105 Å². The van der Waals surface area contributed by atoms with Gasteiger partial charge in [0, 0.05) is 0 Å². The third-order valence-electron chi connectivity index (χ3n) is 10.3. The summed E-state index contributed by atoms with van der Waals surface area (Å²) in [6, 6.07) is 0. The summed E-state index contributed by atoms with van der Waals surface area (Å²) in [5.41, 5.74) is 2.49. The molecule has 4 aliphatic carbocycles. The molecule has 8 atom stereocenters. The van der Waals surface area contributed by atoms with Gasteiger partial charge in [-0.05, 0) is 97.7 Å². The lowest BCUT2D eigenvalue weighted by Gasteiger charge is -2.60. The fourth-order valence-electron chi connectivity index (χ4n) is 8.74. The summed E-state index contributed by atoms with van der Waals surface area (Å²) in [6.07, 6.45) is 17.1. The number of hydrogen-bond acceptors (Lipinski definition) is 1. The molecule has 0 spiro atoms. The van der Waals surface area contributed by atoms with Crippen LogP contribution in [0.25, 0.3) is 0 Å². The average Bonchev–Trinajstić information content (AvgIpc) is 2.99. The predicted octanol–water partition coefficient (Wildman–Crippen LogP) is 7.39. The molecular weight excluding hydrogens is 340 g/mol. The molecule has 0 saturated heterocycles. The quantitative estimate of drug-likeness (QED) is 0.488. The number of aliphatic hydroxyl groups excluding tert-OH is 1. The van der Waals surface area contributed by atoms with E-state index in [0.717, 1.165) is 36.0 Å². The third-order valence-corrected chi connectivity index (χ3v) is 10.3. The Labute approximate surface area is 174 Å². The molecule has 4 aliphatic rings. The van der Waals surface area contributed by atoms with Crippen LogP contribution >= 0.6 is 0 Å². The zero-order valence-corrected chi connectivity index (χ0v) is 19.3. The molecule has 3 saturated carbocycles. The number of aliphatic hydroxyl groups is 1. The van der Waals surface area contributed by atoms with Crippen molar-refractivity contribution in [2.24, 2.45) is 46.3 Å². The zero-order chi connectivity index (χ0) is 20.1. The molecule has 0 amide bonds. The van der Waals surface area contributed by atoms with Crippen LogP contribution in [0.4, 0.5) is 0 Å². The lowest BCUT2D eigenvalue weighted by molar-refractivity contribution is -0.112.